The molecule has 8 nitrogen and oxygen atoms in total. The maximum absolute atomic E-state index is 12.0. The first-order valence-electron chi connectivity index (χ1n) is 13.4. The zero-order valence-electron chi connectivity index (χ0n) is 22.8. The topological polar surface area (TPSA) is 89.5 Å². The quantitative estimate of drug-likeness (QED) is 0.286. The number of esters is 2. The Balaban J connectivity index is 1.61. The van der Waals surface area contributed by atoms with Crippen molar-refractivity contribution in [3.63, 3.8) is 0 Å². The summed E-state index contributed by atoms with van der Waals surface area (Å²) in [4.78, 5) is 23.7. The largest absolute Gasteiger partial charge is 0.462 e. The second-order valence-corrected chi connectivity index (χ2v) is 9.61. The van der Waals surface area contributed by atoms with Gasteiger partial charge >= 0.3 is 11.9 Å². The predicted molar refractivity (Wildman–Crippen MR) is 147 cm³/mol. The Bertz CT molecular complexity index is 1170. The molecular formula is C32H36O8. The van der Waals surface area contributed by atoms with Crippen LogP contribution in [0, 0.1) is 0 Å². The molecule has 4 rings (SSSR count). The van der Waals surface area contributed by atoms with Gasteiger partial charge in [-0.15, -0.1) is 0 Å². The van der Waals surface area contributed by atoms with E-state index in [1.807, 2.05) is 91.0 Å². The Labute approximate surface area is 235 Å². The second-order valence-electron chi connectivity index (χ2n) is 9.61. The third-order valence-corrected chi connectivity index (χ3v) is 6.48. The lowest BCUT2D eigenvalue weighted by Gasteiger charge is -2.44. The van der Waals surface area contributed by atoms with E-state index < -0.39 is 42.5 Å². The summed E-state index contributed by atoms with van der Waals surface area (Å²) in [6.45, 7) is 3.54. The Morgan fingerprint density at radius 2 is 1.18 bits per heavy atom. The van der Waals surface area contributed by atoms with Crippen molar-refractivity contribution in [2.24, 2.45) is 0 Å². The smallest absolute Gasteiger partial charge is 0.303 e. The highest BCUT2D eigenvalue weighted by atomic mass is 16.6. The molecule has 3 aromatic carbocycles. The molecule has 0 unspecified atom stereocenters. The van der Waals surface area contributed by atoms with Crippen LogP contribution in [0.2, 0.25) is 0 Å². The number of carbonyl (C=O) groups is 2. The molecule has 0 radical (unpaired) electrons. The van der Waals surface area contributed by atoms with E-state index in [4.69, 9.17) is 28.4 Å². The molecule has 5 atom stereocenters. The fourth-order valence-electron chi connectivity index (χ4n) is 4.57. The molecule has 212 valence electrons. The number of carbonyl (C=O) groups excluding carboxylic acids is 2. The Morgan fingerprint density at radius 1 is 0.700 bits per heavy atom. The van der Waals surface area contributed by atoms with E-state index in [-0.39, 0.29) is 19.8 Å². The van der Waals surface area contributed by atoms with Crippen molar-refractivity contribution in [1.82, 2.24) is 0 Å². The van der Waals surface area contributed by atoms with Gasteiger partial charge in [0.05, 0.1) is 26.4 Å². The van der Waals surface area contributed by atoms with E-state index in [9.17, 15) is 9.59 Å². The summed E-state index contributed by atoms with van der Waals surface area (Å²) in [6, 6.07) is 29.4. The first kappa shape index (κ1) is 29.4. The Morgan fingerprint density at radius 3 is 1.65 bits per heavy atom. The van der Waals surface area contributed by atoms with Crippen molar-refractivity contribution in [1.29, 1.82) is 0 Å². The summed E-state index contributed by atoms with van der Waals surface area (Å²) in [7, 11) is 0. The van der Waals surface area contributed by atoms with E-state index in [1.165, 1.54) is 13.8 Å². The summed E-state index contributed by atoms with van der Waals surface area (Å²) in [6.07, 6.45) is -3.45. The molecule has 1 aliphatic heterocycles. The molecule has 1 saturated heterocycles. The number of hydrogen-bond acceptors (Lipinski definition) is 8. The van der Waals surface area contributed by atoms with Gasteiger partial charge in [0.15, 0.2) is 6.10 Å². The van der Waals surface area contributed by atoms with Crippen molar-refractivity contribution >= 4 is 11.9 Å². The van der Waals surface area contributed by atoms with Gasteiger partial charge in [0.2, 0.25) is 0 Å². The fraction of sp³-hybridized carbons (Fsp3) is 0.375. The minimum Gasteiger partial charge on any atom is -0.462 e. The molecule has 8 heteroatoms. The van der Waals surface area contributed by atoms with Crippen LogP contribution in [-0.4, -0.2) is 55.7 Å². The highest BCUT2D eigenvalue weighted by molar-refractivity contribution is 5.67. The van der Waals surface area contributed by atoms with E-state index in [1.54, 1.807) is 0 Å². The van der Waals surface area contributed by atoms with Gasteiger partial charge in [-0.05, 0) is 16.7 Å². The van der Waals surface area contributed by atoms with Gasteiger partial charge in [-0.25, -0.2) is 0 Å². The molecule has 0 amide bonds. The molecule has 1 fully saturated rings. The minimum absolute atomic E-state index is 0.167. The summed E-state index contributed by atoms with van der Waals surface area (Å²) >= 11 is 0. The van der Waals surface area contributed by atoms with Gasteiger partial charge < -0.3 is 28.4 Å². The standard InChI is InChI=1S/C32H36O8/c1-23(33)35-22-29(40-24(2)34)31-32(38-20-27-16-10-5-11-17-27)30(37-19-26-14-8-4-9-15-26)28(21-39-31)36-18-25-12-6-3-7-13-25/h3-17,28-32H,18-22H2,1-2H3/t28-,29-,30-,31-,32+/m1/s1. The zero-order chi connectivity index (χ0) is 28.2. The van der Waals surface area contributed by atoms with Crippen LogP contribution in [0.1, 0.15) is 30.5 Å². The molecular weight excluding hydrogens is 512 g/mol. The molecule has 0 saturated carbocycles. The van der Waals surface area contributed by atoms with Crippen LogP contribution in [0.4, 0.5) is 0 Å². The van der Waals surface area contributed by atoms with Crippen LogP contribution in [0.25, 0.3) is 0 Å². The predicted octanol–water partition coefficient (Wildman–Crippen LogP) is 4.64. The SMILES string of the molecule is CC(=O)OC[C@@H](OC(C)=O)[C@H]1OC[C@@H](OCc2ccccc2)[C@@H](OCc2ccccc2)[C@@H]1OCc1ccccc1. The molecule has 0 bridgehead atoms. The maximum atomic E-state index is 12.0. The molecule has 1 heterocycles. The zero-order valence-corrected chi connectivity index (χ0v) is 22.8. The lowest BCUT2D eigenvalue weighted by molar-refractivity contribution is -0.259. The van der Waals surface area contributed by atoms with Crippen molar-refractivity contribution in [2.75, 3.05) is 13.2 Å². The van der Waals surface area contributed by atoms with Crippen LogP contribution in [-0.2, 0) is 57.8 Å². The van der Waals surface area contributed by atoms with Gasteiger partial charge in [0, 0.05) is 13.8 Å². The van der Waals surface area contributed by atoms with E-state index in [2.05, 4.69) is 0 Å². The number of ether oxygens (including phenoxy) is 6. The summed E-state index contributed by atoms with van der Waals surface area (Å²) < 4.78 is 36.4. The Hall–Kier alpha value is -3.56. The van der Waals surface area contributed by atoms with E-state index in [0.29, 0.717) is 13.2 Å². The molecule has 0 spiro atoms. The third-order valence-electron chi connectivity index (χ3n) is 6.48. The van der Waals surface area contributed by atoms with Crippen LogP contribution >= 0.6 is 0 Å². The van der Waals surface area contributed by atoms with Gasteiger partial charge in [-0.3, -0.25) is 9.59 Å². The third kappa shape index (κ3) is 8.99. The Kier molecular flexibility index (Phi) is 11.2. The minimum atomic E-state index is -0.903. The second kappa shape index (κ2) is 15.3. The molecule has 0 aliphatic carbocycles. The number of hydrogen-bond donors (Lipinski definition) is 0. The number of benzene rings is 3. The van der Waals surface area contributed by atoms with Crippen molar-refractivity contribution in [3.8, 4) is 0 Å². The normalized spacial score (nSPS) is 21.4. The van der Waals surface area contributed by atoms with Crippen LogP contribution < -0.4 is 0 Å². The lowest BCUT2D eigenvalue weighted by atomic mass is 9.95. The van der Waals surface area contributed by atoms with E-state index >= 15 is 0 Å². The summed E-state index contributed by atoms with van der Waals surface area (Å²) in [5.74, 6) is -1.01. The van der Waals surface area contributed by atoms with E-state index in [0.717, 1.165) is 16.7 Å². The van der Waals surface area contributed by atoms with Gasteiger partial charge in [-0.2, -0.15) is 0 Å². The molecule has 3 aromatic rings. The molecule has 0 N–H and O–H groups in total. The van der Waals surface area contributed by atoms with Crippen LogP contribution in [0.15, 0.2) is 91.0 Å². The highest BCUT2D eigenvalue weighted by Crippen LogP contribution is 2.29. The fourth-order valence-corrected chi connectivity index (χ4v) is 4.57. The van der Waals surface area contributed by atoms with Gasteiger partial charge in [0.25, 0.3) is 0 Å². The monoisotopic (exact) mass is 548 g/mol. The molecule has 40 heavy (non-hydrogen) atoms. The summed E-state index contributed by atoms with van der Waals surface area (Å²) in [5, 5.41) is 0. The first-order valence-corrected chi connectivity index (χ1v) is 13.4. The maximum Gasteiger partial charge on any atom is 0.303 e. The van der Waals surface area contributed by atoms with Crippen molar-refractivity contribution < 1.29 is 38.0 Å². The van der Waals surface area contributed by atoms with Gasteiger partial charge in [0.1, 0.15) is 31.0 Å². The summed E-state index contributed by atoms with van der Waals surface area (Å²) in [5.41, 5.74) is 2.96. The average Bonchev–Trinajstić information content (AvgIpc) is 2.97. The highest BCUT2D eigenvalue weighted by Gasteiger charge is 2.47. The average molecular weight is 549 g/mol. The van der Waals surface area contributed by atoms with Crippen molar-refractivity contribution in [2.45, 2.75) is 64.2 Å². The van der Waals surface area contributed by atoms with Gasteiger partial charge in [-0.1, -0.05) is 91.0 Å². The first-order chi connectivity index (χ1) is 19.5. The number of rotatable bonds is 13. The molecule has 0 aromatic heterocycles. The van der Waals surface area contributed by atoms with Crippen molar-refractivity contribution in [3.05, 3.63) is 108 Å². The molecule has 1 aliphatic rings. The van der Waals surface area contributed by atoms with Crippen LogP contribution in [0.3, 0.4) is 0 Å². The van der Waals surface area contributed by atoms with Crippen LogP contribution in [0.5, 0.6) is 0 Å². The lowest BCUT2D eigenvalue weighted by Crippen LogP contribution is -2.60.